The van der Waals surface area contributed by atoms with E-state index in [0.717, 1.165) is 6.42 Å². The molecule has 0 spiro atoms. The topological polar surface area (TPSA) is 96.7 Å². The smallest absolute Gasteiger partial charge is 0.290 e. The van der Waals surface area contributed by atoms with Crippen molar-refractivity contribution in [2.75, 3.05) is 6.54 Å². The lowest BCUT2D eigenvalue weighted by atomic mass is 10.2. The Kier molecular flexibility index (Phi) is 3.58. The van der Waals surface area contributed by atoms with Crippen LogP contribution in [-0.4, -0.2) is 33.7 Å². The average Bonchev–Trinajstić information content (AvgIpc) is 2.51. The first-order valence-corrected chi connectivity index (χ1v) is 4.52. The van der Waals surface area contributed by atoms with E-state index < -0.39 is 0 Å². The minimum Gasteiger partial charge on any atom is -0.349 e. The molecule has 1 aromatic rings. The van der Waals surface area contributed by atoms with Gasteiger partial charge in [-0.25, -0.2) is 4.98 Å². The fourth-order valence-electron chi connectivity index (χ4n) is 0.937. The van der Waals surface area contributed by atoms with Crippen molar-refractivity contribution >= 4 is 5.91 Å². The lowest BCUT2D eigenvalue weighted by Gasteiger charge is -2.04. The number of hydrogen-bond acceptors (Lipinski definition) is 4. The highest BCUT2D eigenvalue weighted by atomic mass is 16.2. The summed E-state index contributed by atoms with van der Waals surface area (Å²) in [6, 6.07) is 0.0872. The number of rotatable bonds is 4. The van der Waals surface area contributed by atoms with Crippen LogP contribution < -0.4 is 11.1 Å². The summed E-state index contributed by atoms with van der Waals surface area (Å²) in [7, 11) is 0. The average molecular weight is 197 g/mol. The molecule has 0 saturated carbocycles. The Morgan fingerprint density at radius 2 is 2.43 bits per heavy atom. The van der Waals surface area contributed by atoms with Gasteiger partial charge < -0.3 is 11.1 Å². The molecule has 1 heterocycles. The predicted molar refractivity (Wildman–Crippen MR) is 51.7 cm³/mol. The summed E-state index contributed by atoms with van der Waals surface area (Å²) in [5.74, 6) is 0.532. The summed E-state index contributed by atoms with van der Waals surface area (Å²) in [4.78, 5) is 15.2. The molecule has 0 bridgehead atoms. The number of carbonyl (C=O) groups excluding carboxylic acids is 1. The van der Waals surface area contributed by atoms with Crippen LogP contribution >= 0.6 is 0 Å². The molecule has 0 aliphatic carbocycles. The molecule has 6 nitrogen and oxygen atoms in total. The number of amides is 1. The van der Waals surface area contributed by atoms with Crippen molar-refractivity contribution < 1.29 is 4.79 Å². The molecule has 1 rings (SSSR count). The second-order valence-corrected chi connectivity index (χ2v) is 3.27. The summed E-state index contributed by atoms with van der Waals surface area (Å²) < 4.78 is 0. The highest BCUT2D eigenvalue weighted by molar-refractivity contribution is 5.90. The van der Waals surface area contributed by atoms with Crippen molar-refractivity contribution in [3.63, 3.8) is 0 Å². The van der Waals surface area contributed by atoms with Gasteiger partial charge in [0.15, 0.2) is 0 Å². The zero-order valence-electron chi connectivity index (χ0n) is 8.37. The van der Waals surface area contributed by atoms with Gasteiger partial charge in [-0.05, 0) is 20.3 Å². The Morgan fingerprint density at radius 1 is 1.71 bits per heavy atom. The van der Waals surface area contributed by atoms with Crippen molar-refractivity contribution in [3.8, 4) is 0 Å². The summed E-state index contributed by atoms with van der Waals surface area (Å²) in [6.07, 6.45) is 0.745. The summed E-state index contributed by atoms with van der Waals surface area (Å²) >= 11 is 0. The second-order valence-electron chi connectivity index (χ2n) is 3.27. The Labute approximate surface area is 82.3 Å². The van der Waals surface area contributed by atoms with Gasteiger partial charge in [-0.1, -0.05) is 0 Å². The van der Waals surface area contributed by atoms with E-state index in [9.17, 15) is 4.79 Å². The molecule has 1 aromatic heterocycles. The molecule has 0 radical (unpaired) electrons. The van der Waals surface area contributed by atoms with Gasteiger partial charge in [-0.2, -0.15) is 0 Å². The van der Waals surface area contributed by atoms with E-state index in [0.29, 0.717) is 12.4 Å². The largest absolute Gasteiger partial charge is 0.349 e. The zero-order chi connectivity index (χ0) is 10.6. The van der Waals surface area contributed by atoms with Gasteiger partial charge in [0.1, 0.15) is 5.82 Å². The quantitative estimate of drug-likeness (QED) is 0.610. The van der Waals surface area contributed by atoms with Crippen LogP contribution in [0.1, 0.15) is 29.8 Å². The maximum atomic E-state index is 11.3. The number of nitrogens with one attached hydrogen (secondary N) is 2. The zero-order valence-corrected chi connectivity index (χ0v) is 8.37. The SMILES string of the molecule is Cc1nc(C(=O)NCCC(C)N)n[nH]1. The first-order chi connectivity index (χ1) is 6.59. The van der Waals surface area contributed by atoms with Crippen LogP contribution in [0.5, 0.6) is 0 Å². The Morgan fingerprint density at radius 3 is 2.93 bits per heavy atom. The first kappa shape index (κ1) is 10.6. The van der Waals surface area contributed by atoms with Crippen molar-refractivity contribution in [3.05, 3.63) is 11.6 Å². The van der Waals surface area contributed by atoms with Crippen LogP contribution in [0.4, 0.5) is 0 Å². The third-order valence-corrected chi connectivity index (χ3v) is 1.69. The molecule has 0 fully saturated rings. The van der Waals surface area contributed by atoms with Gasteiger partial charge in [-0.3, -0.25) is 9.89 Å². The molecule has 4 N–H and O–H groups in total. The third-order valence-electron chi connectivity index (χ3n) is 1.69. The number of nitrogens with two attached hydrogens (primary N) is 1. The van der Waals surface area contributed by atoms with E-state index in [1.54, 1.807) is 6.92 Å². The molecule has 14 heavy (non-hydrogen) atoms. The number of carbonyl (C=O) groups is 1. The highest BCUT2D eigenvalue weighted by Gasteiger charge is 2.09. The molecule has 0 saturated heterocycles. The molecule has 1 amide bonds. The van der Waals surface area contributed by atoms with E-state index in [4.69, 9.17) is 5.73 Å². The highest BCUT2D eigenvalue weighted by Crippen LogP contribution is 1.91. The molecule has 0 aromatic carbocycles. The van der Waals surface area contributed by atoms with E-state index in [2.05, 4.69) is 20.5 Å². The molecular weight excluding hydrogens is 182 g/mol. The van der Waals surface area contributed by atoms with E-state index in [-0.39, 0.29) is 17.8 Å². The maximum Gasteiger partial charge on any atom is 0.290 e. The summed E-state index contributed by atoms with van der Waals surface area (Å²) in [6.45, 7) is 4.18. The standard InChI is InChI=1S/C8H15N5O/c1-5(9)3-4-10-8(14)7-11-6(2)12-13-7/h5H,3-4,9H2,1-2H3,(H,10,14)(H,11,12,13). The normalized spacial score (nSPS) is 12.5. The molecular formula is C8H15N5O. The second kappa shape index (κ2) is 4.71. The van der Waals surface area contributed by atoms with Crippen molar-refractivity contribution in [1.82, 2.24) is 20.5 Å². The van der Waals surface area contributed by atoms with Crippen LogP contribution in [0, 0.1) is 6.92 Å². The third kappa shape index (κ3) is 3.14. The Balaban J connectivity index is 2.36. The number of nitrogens with zero attached hydrogens (tertiary/aromatic N) is 2. The van der Waals surface area contributed by atoms with Gasteiger partial charge in [-0.15, -0.1) is 5.10 Å². The van der Waals surface area contributed by atoms with Crippen LogP contribution in [0.2, 0.25) is 0 Å². The Bertz CT molecular complexity index is 306. The van der Waals surface area contributed by atoms with Gasteiger partial charge in [0.25, 0.3) is 5.91 Å². The number of aromatic nitrogens is 3. The minimum absolute atomic E-state index is 0.0872. The van der Waals surface area contributed by atoms with E-state index in [1.807, 2.05) is 6.92 Å². The summed E-state index contributed by atoms with van der Waals surface area (Å²) in [5.41, 5.74) is 5.53. The van der Waals surface area contributed by atoms with E-state index >= 15 is 0 Å². The predicted octanol–water partition coefficient (Wildman–Crippen LogP) is -0.420. The van der Waals surface area contributed by atoms with Gasteiger partial charge in [0, 0.05) is 12.6 Å². The molecule has 6 heteroatoms. The van der Waals surface area contributed by atoms with Crippen LogP contribution in [0.3, 0.4) is 0 Å². The minimum atomic E-state index is -0.269. The van der Waals surface area contributed by atoms with Crippen molar-refractivity contribution in [1.29, 1.82) is 0 Å². The number of aryl methyl sites for hydroxylation is 1. The first-order valence-electron chi connectivity index (χ1n) is 4.52. The number of aromatic amines is 1. The monoisotopic (exact) mass is 197 g/mol. The van der Waals surface area contributed by atoms with Crippen LogP contribution in [0.15, 0.2) is 0 Å². The van der Waals surface area contributed by atoms with Gasteiger partial charge >= 0.3 is 0 Å². The van der Waals surface area contributed by atoms with Crippen LogP contribution in [0.25, 0.3) is 0 Å². The van der Waals surface area contributed by atoms with Gasteiger partial charge in [0.2, 0.25) is 5.82 Å². The van der Waals surface area contributed by atoms with Crippen molar-refractivity contribution in [2.45, 2.75) is 26.3 Å². The number of hydrogen-bond donors (Lipinski definition) is 3. The molecule has 0 aliphatic heterocycles. The Hall–Kier alpha value is -1.43. The lowest BCUT2D eigenvalue weighted by Crippen LogP contribution is -2.29. The molecule has 78 valence electrons. The maximum absolute atomic E-state index is 11.3. The number of H-pyrrole nitrogens is 1. The fourth-order valence-corrected chi connectivity index (χ4v) is 0.937. The van der Waals surface area contributed by atoms with E-state index in [1.165, 1.54) is 0 Å². The van der Waals surface area contributed by atoms with Crippen molar-refractivity contribution in [2.24, 2.45) is 5.73 Å². The lowest BCUT2D eigenvalue weighted by molar-refractivity contribution is 0.0943. The van der Waals surface area contributed by atoms with Gasteiger partial charge in [0.05, 0.1) is 0 Å². The summed E-state index contributed by atoms with van der Waals surface area (Å²) in [5, 5.41) is 9.02. The van der Waals surface area contributed by atoms with Crippen LogP contribution in [-0.2, 0) is 0 Å². The molecule has 1 unspecified atom stereocenters. The fraction of sp³-hybridized carbons (Fsp3) is 0.625. The molecule has 1 atom stereocenters. The molecule has 0 aliphatic rings.